The van der Waals surface area contributed by atoms with Crippen LogP contribution in [0.5, 0.6) is 0 Å². The Morgan fingerprint density at radius 3 is 2.35 bits per heavy atom. The summed E-state index contributed by atoms with van der Waals surface area (Å²) < 4.78 is 0. The molecule has 1 aromatic carbocycles. The predicted molar refractivity (Wildman–Crippen MR) is 75.7 cm³/mol. The first-order chi connectivity index (χ1) is 9.04. The summed E-state index contributed by atoms with van der Waals surface area (Å²) in [6.07, 6.45) is 1.70. The van der Waals surface area contributed by atoms with E-state index in [9.17, 15) is 14.7 Å². The van der Waals surface area contributed by atoms with Gasteiger partial charge in [0, 0.05) is 6.08 Å². The van der Waals surface area contributed by atoms with Crippen molar-refractivity contribution in [3.8, 4) is 0 Å². The van der Waals surface area contributed by atoms with Crippen LogP contribution in [0.25, 0.3) is 6.08 Å². The van der Waals surface area contributed by atoms with E-state index in [4.69, 9.17) is 5.21 Å². The number of hydroxylamine groups is 1. The van der Waals surface area contributed by atoms with Gasteiger partial charge in [-0.15, -0.1) is 0 Å². The molecule has 0 saturated carbocycles. The lowest BCUT2D eigenvalue weighted by Crippen LogP contribution is -2.51. The highest BCUT2D eigenvalue weighted by atomic mass is 16.5. The zero-order chi connectivity index (χ0) is 14.3. The van der Waals surface area contributed by atoms with E-state index in [1.54, 1.807) is 6.08 Å². The van der Waals surface area contributed by atoms with Crippen LogP contribution in [0.4, 0.5) is 0 Å². The summed E-state index contributed by atoms with van der Waals surface area (Å²) in [5, 5.41) is 20.1. The second-order valence-corrected chi connectivity index (χ2v) is 3.95. The van der Waals surface area contributed by atoms with Crippen LogP contribution in [0, 0.1) is 0 Å². The van der Waals surface area contributed by atoms with Gasteiger partial charge in [-0.1, -0.05) is 37.8 Å². The number of carbonyl (C=O) groups excluding carboxylic acids is 2. The van der Waals surface area contributed by atoms with Crippen molar-refractivity contribution in [3.05, 3.63) is 42.0 Å². The fourth-order valence-corrected chi connectivity index (χ4v) is 1.41. The van der Waals surface area contributed by atoms with Crippen molar-refractivity contribution in [3.63, 3.8) is 0 Å². The van der Waals surface area contributed by atoms with Crippen LogP contribution in [-0.4, -0.2) is 34.3 Å². The molecule has 20 heavy (non-hydrogen) atoms. The van der Waals surface area contributed by atoms with E-state index >= 15 is 0 Å². The van der Waals surface area contributed by atoms with Crippen LogP contribution in [-0.2, 0) is 9.59 Å². The number of amides is 2. The maximum absolute atomic E-state index is 11.6. The number of hydrogen-bond donors (Lipinski definition) is 4. The quantitative estimate of drug-likeness (QED) is 0.362. The number of carbonyl (C=O) groups is 2. The minimum atomic E-state index is -1.21. The van der Waals surface area contributed by atoms with Crippen LogP contribution in [0.2, 0.25) is 0 Å². The molecule has 0 heterocycles. The van der Waals surface area contributed by atoms with E-state index < -0.39 is 24.0 Å². The Morgan fingerprint density at radius 1 is 1.25 bits per heavy atom. The number of aliphatic hydroxyl groups excluding tert-OH is 1. The lowest BCUT2D eigenvalue weighted by atomic mass is 10.1. The molecule has 0 bridgehead atoms. The summed E-state index contributed by atoms with van der Waals surface area (Å²) >= 11 is 0. The van der Waals surface area contributed by atoms with Crippen molar-refractivity contribution in [2.24, 2.45) is 0 Å². The molecule has 1 aromatic rings. The maximum atomic E-state index is 11.6. The second kappa shape index (κ2) is 8.84. The Morgan fingerprint density at radius 2 is 1.85 bits per heavy atom. The number of hydrogen-bond acceptors (Lipinski definition) is 4. The largest absolute Gasteiger partial charge is 0.391 e. The van der Waals surface area contributed by atoms with Gasteiger partial charge < -0.3 is 10.4 Å². The van der Waals surface area contributed by atoms with Crippen LogP contribution >= 0.6 is 0 Å². The molecule has 2 amide bonds. The topological polar surface area (TPSA) is 98.7 Å². The molecule has 0 radical (unpaired) electrons. The second-order valence-electron chi connectivity index (χ2n) is 3.95. The summed E-state index contributed by atoms with van der Waals surface area (Å²) in [4.78, 5) is 22.8. The normalized spacial score (nSPS) is 13.2. The van der Waals surface area contributed by atoms with Gasteiger partial charge in [0.15, 0.2) is 0 Å². The highest BCUT2D eigenvalue weighted by Gasteiger charge is 2.24. The number of nitrogens with one attached hydrogen (secondary N) is 2. The first-order valence-corrected chi connectivity index (χ1v) is 5.70. The molecule has 0 saturated heterocycles. The summed E-state index contributed by atoms with van der Waals surface area (Å²) in [6, 6.07) is 7.93. The fourth-order valence-electron chi connectivity index (χ4n) is 1.41. The standard InChI is InChI=1S/C13H16N2O4.CH4/c1-9(16)12(13(18)15-19)14-11(17)8-7-10-5-3-2-4-6-10;/h2-9,12,16,19H,1H3,(H,14,17)(H,15,18);1H4/b8-7+;/t9-,12+;/m1./s1. The third-order valence-electron chi connectivity index (χ3n) is 2.40. The Kier molecular flexibility index (Phi) is 7.88. The van der Waals surface area contributed by atoms with Gasteiger partial charge in [0.25, 0.3) is 5.91 Å². The molecule has 0 fully saturated rings. The number of benzene rings is 1. The molecule has 6 heteroatoms. The molecule has 0 unspecified atom stereocenters. The van der Waals surface area contributed by atoms with Crippen LogP contribution in [0.15, 0.2) is 36.4 Å². The molecule has 0 aromatic heterocycles. The molecule has 6 nitrogen and oxygen atoms in total. The van der Waals surface area contributed by atoms with E-state index in [0.717, 1.165) is 5.56 Å². The first kappa shape index (κ1) is 17.8. The number of aliphatic hydroxyl groups is 1. The molecular weight excluding hydrogens is 260 g/mol. The molecule has 0 aliphatic carbocycles. The zero-order valence-corrected chi connectivity index (χ0v) is 10.4. The highest BCUT2D eigenvalue weighted by molar-refractivity contribution is 5.95. The van der Waals surface area contributed by atoms with Gasteiger partial charge in [0.1, 0.15) is 6.04 Å². The molecular formula is C14H20N2O4. The minimum Gasteiger partial charge on any atom is -0.391 e. The molecule has 0 aliphatic heterocycles. The van der Waals surface area contributed by atoms with Crippen LogP contribution < -0.4 is 10.8 Å². The molecule has 1 rings (SSSR count). The van der Waals surface area contributed by atoms with Crippen LogP contribution in [0.1, 0.15) is 19.9 Å². The summed E-state index contributed by atoms with van der Waals surface area (Å²) in [5.41, 5.74) is 2.22. The summed E-state index contributed by atoms with van der Waals surface area (Å²) in [5.74, 6) is -1.42. The van der Waals surface area contributed by atoms with Gasteiger partial charge in [-0.2, -0.15) is 0 Å². The van der Waals surface area contributed by atoms with E-state index in [0.29, 0.717) is 0 Å². The van der Waals surface area contributed by atoms with Crippen molar-refractivity contribution in [1.82, 2.24) is 10.8 Å². The van der Waals surface area contributed by atoms with Gasteiger partial charge in [0.2, 0.25) is 5.91 Å². The van der Waals surface area contributed by atoms with E-state index in [1.165, 1.54) is 18.5 Å². The molecule has 2 atom stereocenters. The lowest BCUT2D eigenvalue weighted by molar-refractivity contribution is -0.136. The predicted octanol–water partition coefficient (Wildman–Crippen LogP) is 0.707. The van der Waals surface area contributed by atoms with Crippen molar-refractivity contribution >= 4 is 17.9 Å². The summed E-state index contributed by atoms with van der Waals surface area (Å²) in [7, 11) is 0. The Bertz CT molecular complexity index is 458. The van der Waals surface area contributed by atoms with Gasteiger partial charge in [-0.25, -0.2) is 5.48 Å². The lowest BCUT2D eigenvalue weighted by Gasteiger charge is -2.18. The average Bonchev–Trinajstić information content (AvgIpc) is 2.42. The van der Waals surface area contributed by atoms with Gasteiger partial charge in [-0.05, 0) is 18.6 Å². The minimum absolute atomic E-state index is 0. The average molecular weight is 280 g/mol. The van der Waals surface area contributed by atoms with Crippen molar-refractivity contribution in [1.29, 1.82) is 0 Å². The highest BCUT2D eigenvalue weighted by Crippen LogP contribution is 2.01. The Hall–Kier alpha value is -2.18. The third kappa shape index (κ3) is 5.64. The maximum Gasteiger partial charge on any atom is 0.268 e. The van der Waals surface area contributed by atoms with E-state index in [2.05, 4.69) is 5.32 Å². The Balaban J connectivity index is 0.00000361. The summed E-state index contributed by atoms with van der Waals surface area (Å²) in [6.45, 7) is 1.33. The molecule has 0 aliphatic rings. The van der Waals surface area contributed by atoms with Crippen molar-refractivity contribution in [2.45, 2.75) is 26.5 Å². The monoisotopic (exact) mass is 280 g/mol. The molecule has 110 valence electrons. The SMILES string of the molecule is C.C[C@@H](O)[C@H](NC(=O)/C=C/c1ccccc1)C(=O)NO. The number of rotatable bonds is 5. The van der Waals surface area contributed by atoms with E-state index in [-0.39, 0.29) is 7.43 Å². The van der Waals surface area contributed by atoms with Crippen molar-refractivity contribution in [2.75, 3.05) is 0 Å². The van der Waals surface area contributed by atoms with Crippen molar-refractivity contribution < 1.29 is 19.9 Å². The zero-order valence-electron chi connectivity index (χ0n) is 10.4. The smallest absolute Gasteiger partial charge is 0.268 e. The Labute approximate surface area is 118 Å². The molecule has 4 N–H and O–H groups in total. The van der Waals surface area contributed by atoms with Gasteiger partial charge in [0.05, 0.1) is 6.10 Å². The van der Waals surface area contributed by atoms with Gasteiger partial charge in [-0.3, -0.25) is 14.8 Å². The van der Waals surface area contributed by atoms with E-state index in [1.807, 2.05) is 30.3 Å². The van der Waals surface area contributed by atoms with Gasteiger partial charge >= 0.3 is 0 Å². The first-order valence-electron chi connectivity index (χ1n) is 5.70. The fraction of sp³-hybridized carbons (Fsp3) is 0.286. The van der Waals surface area contributed by atoms with Crippen LogP contribution in [0.3, 0.4) is 0 Å². The molecule has 0 spiro atoms. The third-order valence-corrected chi connectivity index (χ3v) is 2.40.